The highest BCUT2D eigenvalue weighted by atomic mass is 32.2. The molecule has 1 unspecified atom stereocenters. The van der Waals surface area contributed by atoms with Crippen molar-refractivity contribution >= 4 is 27.4 Å². The van der Waals surface area contributed by atoms with E-state index in [1.165, 1.54) is 0 Å². The molecule has 38 heavy (non-hydrogen) atoms. The highest BCUT2D eigenvalue weighted by Gasteiger charge is 2.36. The lowest BCUT2D eigenvalue weighted by atomic mass is 9.89. The number of hydrogen-bond donors (Lipinski definition) is 3. The van der Waals surface area contributed by atoms with E-state index in [0.29, 0.717) is 17.1 Å². The van der Waals surface area contributed by atoms with Gasteiger partial charge in [0, 0.05) is 22.9 Å². The van der Waals surface area contributed by atoms with Crippen molar-refractivity contribution < 1.29 is 13.2 Å². The minimum Gasteiger partial charge on any atom is -0.317 e. The second-order valence-corrected chi connectivity index (χ2v) is 13.4. The molecule has 1 fully saturated rings. The number of sulfone groups is 1. The first-order chi connectivity index (χ1) is 18.0. The van der Waals surface area contributed by atoms with Gasteiger partial charge in [0.1, 0.15) is 5.82 Å². The fourth-order valence-corrected chi connectivity index (χ4v) is 6.73. The molecule has 204 valence electrons. The Hall–Kier alpha value is -3.17. The van der Waals surface area contributed by atoms with E-state index in [1.54, 1.807) is 17.7 Å². The largest absolute Gasteiger partial charge is 0.324 e. The average Bonchev–Trinajstić information content (AvgIpc) is 3.30. The molecule has 1 atom stereocenters. The van der Waals surface area contributed by atoms with E-state index in [4.69, 9.17) is 5.10 Å². The van der Waals surface area contributed by atoms with Gasteiger partial charge in [-0.25, -0.2) is 17.9 Å². The Morgan fingerprint density at radius 1 is 1.08 bits per heavy atom. The Balaban J connectivity index is 1.65. The van der Waals surface area contributed by atoms with E-state index in [9.17, 15) is 13.2 Å². The van der Waals surface area contributed by atoms with E-state index in [1.807, 2.05) is 55.5 Å². The van der Waals surface area contributed by atoms with Gasteiger partial charge < -0.3 is 10.6 Å². The summed E-state index contributed by atoms with van der Waals surface area (Å²) in [5, 5.41) is 13.3. The van der Waals surface area contributed by atoms with Crippen molar-refractivity contribution in [3.63, 3.8) is 0 Å². The lowest BCUT2D eigenvalue weighted by Gasteiger charge is -2.31. The van der Waals surface area contributed by atoms with Crippen LogP contribution in [0.3, 0.4) is 0 Å². The number of piperidine rings is 1. The minimum atomic E-state index is -3.40. The predicted molar refractivity (Wildman–Crippen MR) is 154 cm³/mol. The fourth-order valence-electron chi connectivity index (χ4n) is 4.92. The van der Waals surface area contributed by atoms with Crippen molar-refractivity contribution in [2.45, 2.75) is 58.1 Å². The zero-order valence-electron chi connectivity index (χ0n) is 22.9. The number of carbonyl (C=O) groups excluding carboxylic acids is 1. The topological polar surface area (TPSA) is 105 Å². The van der Waals surface area contributed by atoms with Gasteiger partial charge in [0.2, 0.25) is 0 Å². The average molecular weight is 538 g/mol. The molecule has 8 nitrogen and oxygen atoms in total. The van der Waals surface area contributed by atoms with Gasteiger partial charge in [0.05, 0.1) is 16.6 Å². The molecule has 0 saturated carbocycles. The van der Waals surface area contributed by atoms with Gasteiger partial charge in [0.15, 0.2) is 9.84 Å². The normalized spacial score (nSPS) is 15.7. The SMILES string of the molecule is CCS(=O)(=O)C(c1ccccc1NC(=O)Nc1cc(C(C)(C)C)nn1-c1ccc(C)cc1)C1CCNCC1. The van der Waals surface area contributed by atoms with E-state index in [-0.39, 0.29) is 17.1 Å². The van der Waals surface area contributed by atoms with Crippen LogP contribution in [0.5, 0.6) is 0 Å². The molecule has 0 spiro atoms. The number of amides is 2. The summed E-state index contributed by atoms with van der Waals surface area (Å²) in [5.74, 6) is 0.572. The van der Waals surface area contributed by atoms with Crippen LogP contribution >= 0.6 is 0 Å². The summed E-state index contributed by atoms with van der Waals surface area (Å²) < 4.78 is 28.3. The molecular formula is C29H39N5O3S. The molecule has 9 heteroatoms. The van der Waals surface area contributed by atoms with E-state index in [0.717, 1.165) is 42.9 Å². The number of hydrogen-bond acceptors (Lipinski definition) is 5. The molecule has 4 rings (SSSR count). The first-order valence-corrected chi connectivity index (χ1v) is 15.0. The van der Waals surface area contributed by atoms with Crippen LogP contribution in [0.25, 0.3) is 5.69 Å². The third-order valence-electron chi connectivity index (χ3n) is 7.11. The van der Waals surface area contributed by atoms with E-state index in [2.05, 4.69) is 36.7 Å². The number of rotatable bonds is 7. The predicted octanol–water partition coefficient (Wildman–Crippen LogP) is 5.60. The van der Waals surface area contributed by atoms with Crippen LogP contribution in [0, 0.1) is 12.8 Å². The third-order valence-corrected chi connectivity index (χ3v) is 9.33. The minimum absolute atomic E-state index is 0.00970. The molecule has 1 aliphatic heterocycles. The number of aromatic nitrogens is 2. The zero-order valence-corrected chi connectivity index (χ0v) is 23.7. The van der Waals surface area contributed by atoms with Crippen LogP contribution in [0.1, 0.15) is 62.6 Å². The molecule has 0 bridgehead atoms. The van der Waals surface area contributed by atoms with Gasteiger partial charge in [-0.05, 0) is 62.5 Å². The molecular weight excluding hydrogens is 498 g/mol. The second-order valence-electron chi connectivity index (χ2n) is 11.0. The first-order valence-electron chi connectivity index (χ1n) is 13.3. The number of urea groups is 1. The van der Waals surface area contributed by atoms with Crippen LogP contribution in [0.15, 0.2) is 54.6 Å². The zero-order chi connectivity index (χ0) is 27.5. The van der Waals surface area contributed by atoms with Gasteiger partial charge in [-0.1, -0.05) is 63.6 Å². The number of nitrogens with zero attached hydrogens (tertiary/aromatic N) is 2. The molecule has 1 saturated heterocycles. The number of para-hydroxylation sites is 1. The number of carbonyl (C=O) groups is 1. The summed E-state index contributed by atoms with van der Waals surface area (Å²) >= 11 is 0. The monoisotopic (exact) mass is 537 g/mol. The lowest BCUT2D eigenvalue weighted by molar-refractivity contribution is 0.262. The van der Waals surface area contributed by atoms with Gasteiger partial charge >= 0.3 is 6.03 Å². The summed E-state index contributed by atoms with van der Waals surface area (Å²) in [6.45, 7) is 11.5. The Labute approximate surface area is 226 Å². The lowest BCUT2D eigenvalue weighted by Crippen LogP contribution is -2.34. The van der Waals surface area contributed by atoms with Crippen LogP contribution in [0.2, 0.25) is 0 Å². The summed E-state index contributed by atoms with van der Waals surface area (Å²) in [6, 6.07) is 16.6. The number of benzene rings is 2. The fraction of sp³-hybridized carbons (Fsp3) is 0.448. The quantitative estimate of drug-likeness (QED) is 0.364. The van der Waals surface area contributed by atoms with Crippen molar-refractivity contribution in [1.29, 1.82) is 0 Å². The van der Waals surface area contributed by atoms with E-state index < -0.39 is 21.1 Å². The van der Waals surface area contributed by atoms with Crippen LogP contribution in [-0.4, -0.2) is 43.1 Å². The Bertz CT molecular complexity index is 1370. The molecule has 2 amide bonds. The summed E-state index contributed by atoms with van der Waals surface area (Å²) in [4.78, 5) is 13.3. The maximum Gasteiger partial charge on any atom is 0.324 e. The van der Waals surface area contributed by atoms with E-state index >= 15 is 0 Å². The third kappa shape index (κ3) is 6.27. The highest BCUT2D eigenvalue weighted by molar-refractivity contribution is 7.91. The molecule has 2 aromatic carbocycles. The Morgan fingerprint density at radius 2 is 1.74 bits per heavy atom. The molecule has 3 aromatic rings. The number of nitrogens with one attached hydrogen (secondary N) is 3. The van der Waals surface area contributed by atoms with Crippen LogP contribution in [0.4, 0.5) is 16.3 Å². The van der Waals surface area contributed by atoms with Gasteiger partial charge in [0.25, 0.3) is 0 Å². The van der Waals surface area contributed by atoms with Crippen molar-refractivity contribution in [2.24, 2.45) is 5.92 Å². The van der Waals surface area contributed by atoms with Crippen molar-refractivity contribution in [3.8, 4) is 5.69 Å². The van der Waals surface area contributed by atoms with Crippen LogP contribution < -0.4 is 16.0 Å². The standard InChI is InChI=1S/C29H39N5O3S/c1-6-38(36,37)27(21-15-17-30-18-16-21)23-9-7-8-10-24(23)31-28(35)32-26-19-25(29(3,4)5)33-34(26)22-13-11-20(2)12-14-22/h7-14,19,21,27,30H,6,15-18H2,1-5H3,(H2,31,32,35). The van der Waals surface area contributed by atoms with Crippen molar-refractivity contribution in [1.82, 2.24) is 15.1 Å². The molecule has 1 aliphatic rings. The maximum absolute atomic E-state index is 13.3. The maximum atomic E-state index is 13.3. The number of anilines is 2. The molecule has 3 N–H and O–H groups in total. The van der Waals surface area contributed by atoms with Gasteiger partial charge in [-0.3, -0.25) is 5.32 Å². The summed E-state index contributed by atoms with van der Waals surface area (Å²) in [6.07, 6.45) is 1.55. The number of aryl methyl sites for hydroxylation is 1. The van der Waals surface area contributed by atoms with Gasteiger partial charge in [-0.2, -0.15) is 5.10 Å². The molecule has 1 aromatic heterocycles. The van der Waals surface area contributed by atoms with Crippen LogP contribution in [-0.2, 0) is 15.3 Å². The summed E-state index contributed by atoms with van der Waals surface area (Å²) in [5.41, 5.74) is 3.73. The molecule has 2 heterocycles. The smallest absolute Gasteiger partial charge is 0.317 e. The van der Waals surface area contributed by atoms with Gasteiger partial charge in [-0.15, -0.1) is 0 Å². The molecule has 0 radical (unpaired) electrons. The van der Waals surface area contributed by atoms with Crippen molar-refractivity contribution in [3.05, 3.63) is 71.4 Å². The Kier molecular flexibility index (Phi) is 8.28. The molecule has 0 aliphatic carbocycles. The Morgan fingerprint density at radius 3 is 2.37 bits per heavy atom. The van der Waals surface area contributed by atoms with Crippen molar-refractivity contribution in [2.75, 3.05) is 29.5 Å². The first kappa shape index (κ1) is 27.9. The summed E-state index contributed by atoms with van der Waals surface area (Å²) in [7, 11) is -3.40. The highest BCUT2D eigenvalue weighted by Crippen LogP contribution is 2.39. The second kappa shape index (κ2) is 11.3.